The zero-order valence-electron chi connectivity index (χ0n) is 14.8. The Hall–Kier alpha value is -1.18. The van der Waals surface area contributed by atoms with Crippen LogP contribution in [0.1, 0.15) is 36.1 Å². The third-order valence-corrected chi connectivity index (χ3v) is 4.71. The van der Waals surface area contributed by atoms with Gasteiger partial charge in [-0.15, -0.1) is 11.3 Å². The van der Waals surface area contributed by atoms with E-state index in [0.29, 0.717) is 6.10 Å². The molecule has 1 saturated heterocycles. The van der Waals surface area contributed by atoms with Crippen LogP contribution < -0.4 is 10.6 Å². The minimum atomic E-state index is 0.371. The van der Waals surface area contributed by atoms with E-state index < -0.39 is 0 Å². The molecular weight excluding hydrogens is 324 g/mol. The van der Waals surface area contributed by atoms with Crippen LogP contribution in [0.4, 0.5) is 0 Å². The molecule has 0 spiro atoms. The van der Waals surface area contributed by atoms with Crippen molar-refractivity contribution < 1.29 is 9.47 Å². The quantitative estimate of drug-likeness (QED) is 0.404. The van der Waals surface area contributed by atoms with E-state index in [9.17, 15) is 0 Å². The van der Waals surface area contributed by atoms with E-state index in [1.54, 1.807) is 11.3 Å². The van der Waals surface area contributed by atoms with E-state index in [2.05, 4.69) is 34.5 Å². The Morgan fingerprint density at radius 2 is 2.25 bits per heavy atom. The first kappa shape index (κ1) is 19.1. The van der Waals surface area contributed by atoms with Crippen molar-refractivity contribution in [2.24, 2.45) is 4.99 Å². The molecule has 2 N–H and O–H groups in total. The number of thiazole rings is 1. The van der Waals surface area contributed by atoms with E-state index in [4.69, 9.17) is 9.47 Å². The lowest BCUT2D eigenvalue weighted by molar-refractivity contribution is -0.0318. The summed E-state index contributed by atoms with van der Waals surface area (Å²) in [4.78, 5) is 10.2. The Morgan fingerprint density at radius 1 is 1.42 bits per heavy atom. The molecular formula is C17H30N4O2S. The van der Waals surface area contributed by atoms with Gasteiger partial charge < -0.3 is 20.1 Å². The van der Waals surface area contributed by atoms with Gasteiger partial charge in [0.2, 0.25) is 0 Å². The molecule has 0 aliphatic carbocycles. The lowest BCUT2D eigenvalue weighted by atomic mass is 10.1. The Morgan fingerprint density at radius 3 is 2.96 bits per heavy atom. The van der Waals surface area contributed by atoms with Crippen molar-refractivity contribution in [1.29, 1.82) is 0 Å². The summed E-state index contributed by atoms with van der Waals surface area (Å²) >= 11 is 1.75. The zero-order chi connectivity index (χ0) is 17.0. The highest BCUT2D eigenvalue weighted by Gasteiger charge is 2.13. The van der Waals surface area contributed by atoms with Crippen LogP contribution >= 0.6 is 11.3 Å². The first-order valence-electron chi connectivity index (χ1n) is 8.90. The van der Waals surface area contributed by atoms with E-state index >= 15 is 0 Å². The van der Waals surface area contributed by atoms with Gasteiger partial charge in [-0.2, -0.15) is 0 Å². The Kier molecular flexibility index (Phi) is 9.09. The summed E-state index contributed by atoms with van der Waals surface area (Å²) in [6, 6.07) is 0. The molecule has 1 aliphatic heterocycles. The Bertz CT molecular complexity index is 487. The fourth-order valence-corrected chi connectivity index (χ4v) is 3.28. The summed E-state index contributed by atoms with van der Waals surface area (Å²) in [6.45, 7) is 9.07. The van der Waals surface area contributed by atoms with Crippen molar-refractivity contribution in [2.75, 3.05) is 39.5 Å². The minimum absolute atomic E-state index is 0.371. The fraction of sp³-hybridized carbons (Fsp3) is 0.765. The maximum Gasteiger partial charge on any atom is 0.191 e. The van der Waals surface area contributed by atoms with Crippen molar-refractivity contribution in [3.8, 4) is 0 Å². The minimum Gasteiger partial charge on any atom is -0.381 e. The van der Waals surface area contributed by atoms with Crippen LogP contribution in [0, 0.1) is 6.92 Å². The van der Waals surface area contributed by atoms with Crippen molar-refractivity contribution >= 4 is 17.3 Å². The second kappa shape index (κ2) is 11.4. The van der Waals surface area contributed by atoms with E-state index in [0.717, 1.165) is 71.1 Å². The summed E-state index contributed by atoms with van der Waals surface area (Å²) in [5.41, 5.74) is 0. The highest BCUT2D eigenvalue weighted by Crippen LogP contribution is 2.11. The SMILES string of the molecule is CCNC(=NCCCOC1CCOCC1)NCCc1ncc(C)s1. The van der Waals surface area contributed by atoms with E-state index in [-0.39, 0.29) is 0 Å². The van der Waals surface area contributed by atoms with Crippen molar-refractivity contribution in [1.82, 2.24) is 15.6 Å². The van der Waals surface area contributed by atoms with Gasteiger partial charge in [0.25, 0.3) is 0 Å². The number of aryl methyl sites for hydroxylation is 1. The van der Waals surface area contributed by atoms with E-state index in [1.165, 1.54) is 9.88 Å². The van der Waals surface area contributed by atoms with Gasteiger partial charge in [0.1, 0.15) is 0 Å². The third kappa shape index (κ3) is 7.59. The molecule has 0 bridgehead atoms. The number of aliphatic imine (C=N–C) groups is 1. The molecule has 0 atom stereocenters. The third-order valence-electron chi connectivity index (χ3n) is 3.74. The lowest BCUT2D eigenvalue weighted by Crippen LogP contribution is -2.38. The number of hydrogen-bond acceptors (Lipinski definition) is 5. The summed E-state index contributed by atoms with van der Waals surface area (Å²) in [5.74, 6) is 0.872. The molecule has 136 valence electrons. The molecule has 1 aliphatic rings. The molecule has 24 heavy (non-hydrogen) atoms. The van der Waals surface area contributed by atoms with Crippen molar-refractivity contribution in [2.45, 2.75) is 45.6 Å². The zero-order valence-corrected chi connectivity index (χ0v) is 15.7. The molecule has 7 heteroatoms. The highest BCUT2D eigenvalue weighted by molar-refractivity contribution is 7.11. The van der Waals surface area contributed by atoms with Gasteiger partial charge in [-0.05, 0) is 33.1 Å². The van der Waals surface area contributed by atoms with Crippen LogP contribution in [-0.4, -0.2) is 56.5 Å². The Balaban J connectivity index is 1.60. The fourth-order valence-electron chi connectivity index (χ4n) is 2.49. The van der Waals surface area contributed by atoms with Crippen molar-refractivity contribution in [3.63, 3.8) is 0 Å². The van der Waals surface area contributed by atoms with Crippen LogP contribution in [-0.2, 0) is 15.9 Å². The van der Waals surface area contributed by atoms with Gasteiger partial charge in [-0.25, -0.2) is 4.98 Å². The molecule has 0 radical (unpaired) electrons. The molecule has 0 unspecified atom stereocenters. The summed E-state index contributed by atoms with van der Waals surface area (Å²) in [6.07, 6.45) is 6.20. The van der Waals surface area contributed by atoms with Gasteiger partial charge in [0.15, 0.2) is 5.96 Å². The molecule has 1 aromatic heterocycles. The van der Waals surface area contributed by atoms with Gasteiger partial charge in [-0.3, -0.25) is 4.99 Å². The molecule has 0 saturated carbocycles. The maximum atomic E-state index is 5.87. The predicted octanol–water partition coefficient (Wildman–Crippen LogP) is 2.13. The van der Waals surface area contributed by atoms with Crippen molar-refractivity contribution in [3.05, 3.63) is 16.1 Å². The number of nitrogens with one attached hydrogen (secondary N) is 2. The predicted molar refractivity (Wildman–Crippen MR) is 98.9 cm³/mol. The largest absolute Gasteiger partial charge is 0.381 e. The number of hydrogen-bond donors (Lipinski definition) is 2. The number of rotatable bonds is 9. The summed E-state index contributed by atoms with van der Waals surface area (Å²) in [7, 11) is 0. The second-order valence-electron chi connectivity index (χ2n) is 5.84. The summed E-state index contributed by atoms with van der Waals surface area (Å²) < 4.78 is 11.2. The molecule has 2 heterocycles. The molecule has 6 nitrogen and oxygen atoms in total. The van der Waals surface area contributed by atoms with Crippen LogP contribution in [0.3, 0.4) is 0 Å². The lowest BCUT2D eigenvalue weighted by Gasteiger charge is -2.22. The van der Waals surface area contributed by atoms with Crippen LogP contribution in [0.5, 0.6) is 0 Å². The van der Waals surface area contributed by atoms with Crippen LogP contribution in [0.2, 0.25) is 0 Å². The molecule has 0 amide bonds. The maximum absolute atomic E-state index is 5.87. The van der Waals surface area contributed by atoms with Crippen LogP contribution in [0.25, 0.3) is 0 Å². The van der Waals surface area contributed by atoms with Crippen LogP contribution in [0.15, 0.2) is 11.2 Å². The standard InChI is InChI=1S/C17H30N4O2S/c1-3-18-17(20-9-5-16-21-13-14(2)24-16)19-8-4-10-23-15-6-11-22-12-7-15/h13,15H,3-12H2,1-2H3,(H2,18,19,20). The summed E-state index contributed by atoms with van der Waals surface area (Å²) in [5, 5.41) is 7.81. The first-order chi connectivity index (χ1) is 11.8. The number of ether oxygens (including phenoxy) is 2. The van der Waals surface area contributed by atoms with E-state index in [1.807, 2.05) is 6.20 Å². The molecule has 2 rings (SSSR count). The first-order valence-corrected chi connectivity index (χ1v) is 9.72. The molecule has 1 fully saturated rings. The Labute approximate surface area is 149 Å². The second-order valence-corrected chi connectivity index (χ2v) is 7.16. The molecule has 0 aromatic carbocycles. The number of nitrogens with zero attached hydrogens (tertiary/aromatic N) is 2. The van der Waals surface area contributed by atoms with Gasteiger partial charge in [0, 0.05) is 56.9 Å². The normalized spacial score (nSPS) is 16.3. The topological polar surface area (TPSA) is 67.8 Å². The van der Waals surface area contributed by atoms with Gasteiger partial charge >= 0.3 is 0 Å². The molecule has 1 aromatic rings. The smallest absolute Gasteiger partial charge is 0.191 e. The highest BCUT2D eigenvalue weighted by atomic mass is 32.1. The average molecular weight is 355 g/mol. The monoisotopic (exact) mass is 354 g/mol. The number of aromatic nitrogens is 1. The number of guanidine groups is 1. The van der Waals surface area contributed by atoms with Gasteiger partial charge in [-0.1, -0.05) is 0 Å². The average Bonchev–Trinajstić information content (AvgIpc) is 3.01. The van der Waals surface area contributed by atoms with Gasteiger partial charge in [0.05, 0.1) is 11.1 Å².